The van der Waals surface area contributed by atoms with Crippen molar-refractivity contribution in [2.75, 3.05) is 33.2 Å². The first-order chi connectivity index (χ1) is 15.9. The van der Waals surface area contributed by atoms with Crippen molar-refractivity contribution in [3.05, 3.63) is 89.4 Å². The molecule has 0 spiro atoms. The van der Waals surface area contributed by atoms with Crippen molar-refractivity contribution in [1.29, 1.82) is 0 Å². The second kappa shape index (κ2) is 10.3. The number of likely N-dealkylation sites (N-methyl/N-ethyl adjacent to an activating group) is 1. The van der Waals surface area contributed by atoms with Crippen LogP contribution in [0.3, 0.4) is 0 Å². The Balaban J connectivity index is 1.37. The summed E-state index contributed by atoms with van der Waals surface area (Å²) in [5.74, 6) is -0.692. The Labute approximate surface area is 194 Å². The minimum atomic E-state index is -3.58. The Hall–Kier alpha value is -2.94. The molecule has 1 aromatic heterocycles. The van der Waals surface area contributed by atoms with E-state index in [9.17, 15) is 13.2 Å². The molecule has 3 aromatic rings. The minimum absolute atomic E-state index is 0.0306. The summed E-state index contributed by atoms with van der Waals surface area (Å²) in [4.78, 5) is 17.7. The molecule has 33 heavy (non-hydrogen) atoms. The highest BCUT2D eigenvalue weighted by Crippen LogP contribution is 2.20. The Kier molecular flexibility index (Phi) is 7.27. The van der Waals surface area contributed by atoms with Crippen LogP contribution in [0.1, 0.15) is 27.2 Å². The molecule has 8 heteroatoms. The lowest BCUT2D eigenvalue weighted by Gasteiger charge is -2.32. The van der Waals surface area contributed by atoms with Crippen molar-refractivity contribution < 1.29 is 17.6 Å². The van der Waals surface area contributed by atoms with Crippen LogP contribution in [0.25, 0.3) is 0 Å². The zero-order chi connectivity index (χ0) is 23.3. The van der Waals surface area contributed by atoms with Gasteiger partial charge in [0.25, 0.3) is 5.91 Å². The molecule has 1 N–H and O–H groups in total. The third-order valence-corrected chi connectivity index (χ3v) is 7.53. The molecule has 0 unspecified atom stereocenters. The van der Waals surface area contributed by atoms with E-state index in [0.717, 1.165) is 38.3 Å². The quantitative estimate of drug-likeness (QED) is 0.549. The molecule has 1 aliphatic rings. The van der Waals surface area contributed by atoms with Crippen molar-refractivity contribution in [2.24, 2.45) is 0 Å². The van der Waals surface area contributed by atoms with Crippen molar-refractivity contribution in [3.63, 3.8) is 0 Å². The summed E-state index contributed by atoms with van der Waals surface area (Å²) in [6.07, 6.45) is 1.35. The predicted molar refractivity (Wildman–Crippen MR) is 126 cm³/mol. The van der Waals surface area contributed by atoms with E-state index in [0.29, 0.717) is 12.1 Å². The van der Waals surface area contributed by atoms with Crippen LogP contribution in [0.4, 0.5) is 0 Å². The fourth-order valence-corrected chi connectivity index (χ4v) is 5.30. The Morgan fingerprint density at radius 2 is 1.70 bits per heavy atom. The minimum Gasteiger partial charge on any atom is -0.459 e. The summed E-state index contributed by atoms with van der Waals surface area (Å²) in [5.41, 5.74) is 2.54. The SMILES string of the molecule is CN1CCN(Cc2cccc(CNC(=O)c3occc3CS(=O)(=O)c3ccccc3)c2)CC1. The zero-order valence-corrected chi connectivity index (χ0v) is 19.6. The molecular formula is C25H29N3O4S. The average Bonchev–Trinajstić information content (AvgIpc) is 3.27. The molecule has 174 valence electrons. The maximum Gasteiger partial charge on any atom is 0.287 e. The van der Waals surface area contributed by atoms with Gasteiger partial charge in [-0.05, 0) is 36.4 Å². The van der Waals surface area contributed by atoms with Gasteiger partial charge in [0.15, 0.2) is 15.6 Å². The number of rotatable bonds is 8. The summed E-state index contributed by atoms with van der Waals surface area (Å²) < 4.78 is 30.7. The maximum absolute atomic E-state index is 12.7. The Morgan fingerprint density at radius 3 is 2.45 bits per heavy atom. The summed E-state index contributed by atoms with van der Waals surface area (Å²) in [6.45, 7) is 5.45. The lowest BCUT2D eigenvalue weighted by molar-refractivity contribution is 0.0922. The van der Waals surface area contributed by atoms with Gasteiger partial charge in [0.05, 0.1) is 16.9 Å². The van der Waals surface area contributed by atoms with Gasteiger partial charge in [0.2, 0.25) is 0 Å². The highest BCUT2D eigenvalue weighted by atomic mass is 32.2. The molecule has 2 aromatic carbocycles. The third-order valence-electron chi connectivity index (χ3n) is 5.85. The summed E-state index contributed by atoms with van der Waals surface area (Å²) >= 11 is 0. The van der Waals surface area contributed by atoms with E-state index in [4.69, 9.17) is 4.42 Å². The van der Waals surface area contributed by atoms with Crippen LogP contribution in [-0.4, -0.2) is 57.4 Å². The van der Waals surface area contributed by atoms with Crippen LogP contribution in [0.2, 0.25) is 0 Å². The van der Waals surface area contributed by atoms with E-state index >= 15 is 0 Å². The fourth-order valence-electron chi connectivity index (χ4n) is 3.93. The maximum atomic E-state index is 12.7. The van der Waals surface area contributed by atoms with Gasteiger partial charge >= 0.3 is 0 Å². The van der Waals surface area contributed by atoms with Gasteiger partial charge in [-0.3, -0.25) is 9.69 Å². The van der Waals surface area contributed by atoms with Gasteiger partial charge in [-0.1, -0.05) is 42.5 Å². The van der Waals surface area contributed by atoms with Gasteiger partial charge < -0.3 is 14.6 Å². The molecule has 2 heterocycles. The molecule has 7 nitrogen and oxygen atoms in total. The molecule has 1 saturated heterocycles. The fraction of sp³-hybridized carbons (Fsp3) is 0.320. The van der Waals surface area contributed by atoms with Gasteiger partial charge in [-0.15, -0.1) is 0 Å². The first-order valence-corrected chi connectivity index (χ1v) is 12.7. The first-order valence-electron chi connectivity index (χ1n) is 11.0. The monoisotopic (exact) mass is 467 g/mol. The summed E-state index contributed by atoms with van der Waals surface area (Å²) in [5, 5.41) is 2.86. The van der Waals surface area contributed by atoms with E-state index < -0.39 is 15.7 Å². The number of carbonyl (C=O) groups is 1. The van der Waals surface area contributed by atoms with Gasteiger partial charge in [-0.2, -0.15) is 0 Å². The topological polar surface area (TPSA) is 82.9 Å². The number of amides is 1. The van der Waals surface area contributed by atoms with E-state index in [1.54, 1.807) is 30.3 Å². The molecular weight excluding hydrogens is 438 g/mol. The van der Waals surface area contributed by atoms with Crippen LogP contribution >= 0.6 is 0 Å². The smallest absolute Gasteiger partial charge is 0.287 e. The number of furan rings is 1. The van der Waals surface area contributed by atoms with Crippen LogP contribution in [0.15, 0.2) is 76.2 Å². The van der Waals surface area contributed by atoms with E-state index in [1.165, 1.54) is 17.9 Å². The van der Waals surface area contributed by atoms with Gasteiger partial charge in [0.1, 0.15) is 0 Å². The highest BCUT2D eigenvalue weighted by molar-refractivity contribution is 7.90. The van der Waals surface area contributed by atoms with Crippen LogP contribution in [-0.2, 0) is 28.7 Å². The van der Waals surface area contributed by atoms with Crippen molar-refractivity contribution in [2.45, 2.75) is 23.7 Å². The first kappa shape index (κ1) is 23.2. The number of nitrogens with zero attached hydrogens (tertiary/aromatic N) is 2. The van der Waals surface area contributed by atoms with Crippen molar-refractivity contribution in [1.82, 2.24) is 15.1 Å². The number of hydrogen-bond acceptors (Lipinski definition) is 6. The molecule has 1 amide bonds. The average molecular weight is 468 g/mol. The molecule has 0 atom stereocenters. The normalized spacial score (nSPS) is 15.4. The molecule has 4 rings (SSSR count). The van der Waals surface area contributed by atoms with Crippen molar-refractivity contribution >= 4 is 15.7 Å². The number of piperazine rings is 1. The lowest BCUT2D eigenvalue weighted by Crippen LogP contribution is -2.43. The van der Waals surface area contributed by atoms with Crippen molar-refractivity contribution in [3.8, 4) is 0 Å². The molecule has 1 aliphatic heterocycles. The number of hydrogen-bond donors (Lipinski definition) is 1. The number of benzene rings is 2. The van der Waals surface area contributed by atoms with Gasteiger partial charge in [-0.25, -0.2) is 8.42 Å². The Bertz CT molecular complexity index is 1180. The molecule has 0 bridgehead atoms. The Morgan fingerprint density at radius 1 is 0.970 bits per heavy atom. The van der Waals surface area contributed by atoms with Gasteiger partial charge in [0, 0.05) is 44.8 Å². The number of nitrogens with one attached hydrogen (secondary N) is 1. The zero-order valence-electron chi connectivity index (χ0n) is 18.7. The summed E-state index contributed by atoms with van der Waals surface area (Å²) in [7, 11) is -1.44. The largest absolute Gasteiger partial charge is 0.459 e. The molecule has 1 fully saturated rings. The van der Waals surface area contributed by atoms with Crippen LogP contribution in [0.5, 0.6) is 0 Å². The van der Waals surface area contributed by atoms with E-state index in [-0.39, 0.29) is 16.4 Å². The predicted octanol–water partition coefficient (Wildman–Crippen LogP) is 2.93. The second-order valence-corrected chi connectivity index (χ2v) is 10.4. The standard InChI is InChI=1S/C25H29N3O4S/c1-27-11-13-28(14-12-27)18-21-7-5-6-20(16-21)17-26-25(29)24-22(10-15-32-24)19-33(30,31)23-8-3-2-4-9-23/h2-10,15-16H,11-14,17-19H2,1H3,(H,26,29). The number of sulfone groups is 1. The van der Waals surface area contributed by atoms with Crippen LogP contribution < -0.4 is 5.32 Å². The highest BCUT2D eigenvalue weighted by Gasteiger charge is 2.22. The second-order valence-electron chi connectivity index (χ2n) is 8.43. The van der Waals surface area contributed by atoms with E-state index in [1.807, 2.05) is 12.1 Å². The van der Waals surface area contributed by atoms with E-state index in [2.05, 4.69) is 34.3 Å². The summed E-state index contributed by atoms with van der Waals surface area (Å²) in [6, 6.07) is 17.9. The van der Waals surface area contributed by atoms with Crippen LogP contribution in [0, 0.1) is 0 Å². The lowest BCUT2D eigenvalue weighted by atomic mass is 10.1. The third kappa shape index (κ3) is 6.10. The number of carbonyl (C=O) groups excluding carboxylic acids is 1. The molecule has 0 aliphatic carbocycles. The molecule has 0 radical (unpaired) electrons. The molecule has 0 saturated carbocycles.